The number of halogens is 3. The molecule has 0 bridgehead atoms. The minimum atomic E-state index is -4.70. The summed E-state index contributed by atoms with van der Waals surface area (Å²) in [4.78, 5) is 0. The van der Waals surface area contributed by atoms with E-state index in [9.17, 15) is 13.2 Å². The van der Waals surface area contributed by atoms with Gasteiger partial charge in [0.05, 0.1) is 18.5 Å². The summed E-state index contributed by atoms with van der Waals surface area (Å²) in [5.41, 5.74) is 7.48. The monoisotopic (exact) mass is 298 g/mol. The quantitative estimate of drug-likeness (QED) is 0.840. The Morgan fingerprint density at radius 2 is 1.71 bits per heavy atom. The molecule has 2 aromatic carbocycles. The van der Waals surface area contributed by atoms with Gasteiger partial charge in [0.25, 0.3) is 0 Å². The minimum Gasteiger partial charge on any atom is -0.495 e. The Kier molecular flexibility index (Phi) is 4.11. The second-order valence-corrected chi connectivity index (χ2v) is 4.12. The van der Waals surface area contributed by atoms with Gasteiger partial charge in [0.1, 0.15) is 11.5 Å². The zero-order valence-electron chi connectivity index (χ0n) is 11.1. The Bertz CT molecular complexity index is 613. The molecule has 3 N–H and O–H groups in total. The van der Waals surface area contributed by atoms with Gasteiger partial charge in [0.2, 0.25) is 0 Å². The summed E-state index contributed by atoms with van der Waals surface area (Å²) in [6.07, 6.45) is -4.70. The summed E-state index contributed by atoms with van der Waals surface area (Å²) in [6, 6.07) is 10.5. The lowest BCUT2D eigenvalue weighted by molar-refractivity contribution is -0.274. The number of para-hydroxylation sites is 1. The van der Waals surface area contributed by atoms with Gasteiger partial charge in [0.15, 0.2) is 0 Å². The molecule has 0 aromatic heterocycles. The second kappa shape index (κ2) is 5.82. The first-order chi connectivity index (χ1) is 9.89. The molecule has 0 amide bonds. The maximum Gasteiger partial charge on any atom is 0.573 e. The second-order valence-electron chi connectivity index (χ2n) is 4.12. The molecule has 0 aliphatic rings. The first kappa shape index (κ1) is 14.8. The van der Waals surface area contributed by atoms with E-state index in [-0.39, 0.29) is 5.75 Å². The molecular weight excluding hydrogens is 285 g/mol. The first-order valence-electron chi connectivity index (χ1n) is 5.94. The third-order valence-electron chi connectivity index (χ3n) is 2.65. The highest BCUT2D eigenvalue weighted by molar-refractivity contribution is 5.77. The minimum absolute atomic E-state index is 0.285. The van der Waals surface area contributed by atoms with Crippen LogP contribution in [-0.4, -0.2) is 13.5 Å². The largest absolute Gasteiger partial charge is 0.573 e. The summed E-state index contributed by atoms with van der Waals surface area (Å²) < 4.78 is 45.1. The highest BCUT2D eigenvalue weighted by Crippen LogP contribution is 2.32. The number of hydrogen-bond acceptors (Lipinski definition) is 4. The number of hydrogen-bond donors (Lipinski definition) is 2. The van der Waals surface area contributed by atoms with E-state index in [1.807, 2.05) is 0 Å². The maximum atomic E-state index is 12.1. The summed E-state index contributed by atoms with van der Waals surface area (Å²) in [6.45, 7) is 0. The summed E-state index contributed by atoms with van der Waals surface area (Å²) in [7, 11) is 1.50. The van der Waals surface area contributed by atoms with E-state index in [2.05, 4.69) is 10.1 Å². The normalized spacial score (nSPS) is 11.0. The van der Waals surface area contributed by atoms with Crippen molar-refractivity contribution in [2.24, 2.45) is 0 Å². The molecule has 0 radical (unpaired) electrons. The van der Waals surface area contributed by atoms with Crippen LogP contribution in [-0.2, 0) is 0 Å². The van der Waals surface area contributed by atoms with E-state index in [0.717, 1.165) is 0 Å². The molecule has 0 unspecified atom stereocenters. The zero-order valence-corrected chi connectivity index (χ0v) is 11.1. The molecule has 0 atom stereocenters. The van der Waals surface area contributed by atoms with E-state index in [1.54, 1.807) is 18.2 Å². The molecule has 0 heterocycles. The molecule has 0 saturated carbocycles. The lowest BCUT2D eigenvalue weighted by Crippen LogP contribution is -2.16. The number of ether oxygens (including phenoxy) is 2. The third-order valence-corrected chi connectivity index (χ3v) is 2.65. The number of nitrogen functional groups attached to an aromatic ring is 1. The number of nitrogens with two attached hydrogens (primary N) is 1. The Morgan fingerprint density at radius 3 is 2.29 bits per heavy atom. The SMILES string of the molecule is COc1cccc(Nc2ccc(OC(F)(F)F)cc2)c1N. The standard InChI is InChI=1S/C14H13F3N2O2/c1-20-12-4-2-3-11(13(12)18)19-9-5-7-10(8-6-9)21-14(15,16)17/h2-8,19H,18H2,1H3. The van der Waals surface area contributed by atoms with Crippen LogP contribution in [0.2, 0.25) is 0 Å². The molecule has 0 aliphatic heterocycles. The molecule has 2 rings (SSSR count). The number of alkyl halides is 3. The molecule has 2 aromatic rings. The molecule has 0 fully saturated rings. The predicted octanol–water partition coefficient (Wildman–Crippen LogP) is 3.92. The number of benzene rings is 2. The van der Waals surface area contributed by atoms with Crippen molar-refractivity contribution < 1.29 is 22.6 Å². The predicted molar refractivity (Wildman–Crippen MR) is 73.8 cm³/mol. The van der Waals surface area contributed by atoms with Gasteiger partial charge in [-0.3, -0.25) is 0 Å². The Morgan fingerprint density at radius 1 is 1.05 bits per heavy atom. The van der Waals surface area contributed by atoms with Crippen LogP contribution in [0, 0.1) is 0 Å². The van der Waals surface area contributed by atoms with Gasteiger partial charge in [-0.2, -0.15) is 0 Å². The van der Waals surface area contributed by atoms with Gasteiger partial charge in [-0.05, 0) is 36.4 Å². The van der Waals surface area contributed by atoms with Crippen LogP contribution in [0.1, 0.15) is 0 Å². The lowest BCUT2D eigenvalue weighted by Gasteiger charge is -2.13. The zero-order chi connectivity index (χ0) is 15.5. The van der Waals surface area contributed by atoms with Gasteiger partial charge >= 0.3 is 6.36 Å². The lowest BCUT2D eigenvalue weighted by atomic mass is 10.2. The maximum absolute atomic E-state index is 12.1. The summed E-state index contributed by atoms with van der Waals surface area (Å²) in [5, 5.41) is 3.00. The molecule has 7 heteroatoms. The first-order valence-corrected chi connectivity index (χ1v) is 5.94. The third kappa shape index (κ3) is 3.95. The van der Waals surface area contributed by atoms with Gasteiger partial charge in [-0.1, -0.05) is 6.07 Å². The Labute approximate surface area is 119 Å². The van der Waals surface area contributed by atoms with E-state index < -0.39 is 6.36 Å². The van der Waals surface area contributed by atoms with Crippen molar-refractivity contribution in [1.29, 1.82) is 0 Å². The number of anilines is 3. The molecular formula is C14H13F3N2O2. The van der Waals surface area contributed by atoms with Crippen molar-refractivity contribution in [1.82, 2.24) is 0 Å². The van der Waals surface area contributed by atoms with Crippen molar-refractivity contribution in [3.8, 4) is 11.5 Å². The van der Waals surface area contributed by atoms with Crippen LogP contribution in [0.25, 0.3) is 0 Å². The van der Waals surface area contributed by atoms with Crippen molar-refractivity contribution in [2.75, 3.05) is 18.2 Å². The van der Waals surface area contributed by atoms with Crippen molar-refractivity contribution in [3.05, 3.63) is 42.5 Å². The average molecular weight is 298 g/mol. The highest BCUT2D eigenvalue weighted by atomic mass is 19.4. The molecule has 0 spiro atoms. The average Bonchev–Trinajstić information content (AvgIpc) is 2.42. The van der Waals surface area contributed by atoms with E-state index >= 15 is 0 Å². The van der Waals surface area contributed by atoms with Gasteiger partial charge in [-0.15, -0.1) is 13.2 Å². The van der Waals surface area contributed by atoms with Gasteiger partial charge in [0, 0.05) is 5.69 Å². The number of rotatable bonds is 4. The number of nitrogens with one attached hydrogen (secondary N) is 1. The fourth-order valence-electron chi connectivity index (χ4n) is 1.73. The summed E-state index contributed by atoms with van der Waals surface area (Å²) >= 11 is 0. The van der Waals surface area contributed by atoms with Crippen LogP contribution in [0.5, 0.6) is 11.5 Å². The van der Waals surface area contributed by atoms with Gasteiger partial charge in [-0.25, -0.2) is 0 Å². The van der Waals surface area contributed by atoms with Crippen molar-refractivity contribution in [3.63, 3.8) is 0 Å². The fraction of sp³-hybridized carbons (Fsp3) is 0.143. The summed E-state index contributed by atoms with van der Waals surface area (Å²) in [5.74, 6) is 0.226. The van der Waals surface area contributed by atoms with E-state index in [1.165, 1.54) is 31.4 Å². The highest BCUT2D eigenvalue weighted by Gasteiger charge is 2.30. The molecule has 0 saturated heterocycles. The fourth-order valence-corrected chi connectivity index (χ4v) is 1.73. The van der Waals surface area contributed by atoms with Gasteiger partial charge < -0.3 is 20.5 Å². The molecule has 112 valence electrons. The van der Waals surface area contributed by atoms with Crippen LogP contribution >= 0.6 is 0 Å². The van der Waals surface area contributed by atoms with E-state index in [0.29, 0.717) is 22.8 Å². The molecule has 4 nitrogen and oxygen atoms in total. The Balaban J connectivity index is 2.14. The van der Waals surface area contributed by atoms with Crippen molar-refractivity contribution in [2.45, 2.75) is 6.36 Å². The topological polar surface area (TPSA) is 56.5 Å². The van der Waals surface area contributed by atoms with E-state index in [4.69, 9.17) is 10.5 Å². The molecule has 21 heavy (non-hydrogen) atoms. The Hall–Kier alpha value is -2.57. The molecule has 0 aliphatic carbocycles. The van der Waals surface area contributed by atoms with Crippen LogP contribution in [0.3, 0.4) is 0 Å². The smallest absolute Gasteiger partial charge is 0.495 e. The van der Waals surface area contributed by atoms with Crippen LogP contribution in [0.4, 0.5) is 30.2 Å². The van der Waals surface area contributed by atoms with Crippen LogP contribution in [0.15, 0.2) is 42.5 Å². The number of methoxy groups -OCH3 is 1. The van der Waals surface area contributed by atoms with Crippen LogP contribution < -0.4 is 20.5 Å². The van der Waals surface area contributed by atoms with Crippen molar-refractivity contribution >= 4 is 17.1 Å².